The molecule has 86 valence electrons. The number of hydrogen-bond acceptors (Lipinski definition) is 5. The molecule has 0 atom stereocenters. The lowest BCUT2D eigenvalue weighted by Crippen LogP contribution is -2.00. The van der Waals surface area contributed by atoms with Gasteiger partial charge >= 0.3 is 0 Å². The smallest absolute Gasteiger partial charge is 0.205 e. The number of benzene rings is 1. The molecule has 0 spiro atoms. The summed E-state index contributed by atoms with van der Waals surface area (Å²) < 4.78 is 0. The average Bonchev–Trinajstić information content (AvgIpc) is 2.84. The van der Waals surface area contributed by atoms with E-state index in [1.807, 2.05) is 24.3 Å². The highest BCUT2D eigenvalue weighted by molar-refractivity contribution is 7.15. The summed E-state index contributed by atoms with van der Waals surface area (Å²) in [4.78, 5) is 0. The fraction of sp³-hybridized carbons (Fsp3) is 0.250. The first-order valence-corrected chi connectivity index (χ1v) is 6.19. The maximum atomic E-state index is 8.95. The van der Waals surface area contributed by atoms with Gasteiger partial charge in [-0.1, -0.05) is 36.5 Å². The summed E-state index contributed by atoms with van der Waals surface area (Å²) in [6.07, 6.45) is 0.897. The van der Waals surface area contributed by atoms with Gasteiger partial charge < -0.3 is 5.32 Å². The minimum absolute atomic E-state index is 0.599. The molecule has 2 aromatic rings. The minimum Gasteiger partial charge on any atom is -0.356 e. The van der Waals surface area contributed by atoms with Crippen LogP contribution < -0.4 is 5.32 Å². The molecule has 1 aromatic carbocycles. The highest BCUT2D eigenvalue weighted by Crippen LogP contribution is 2.17. The number of aromatic nitrogens is 2. The van der Waals surface area contributed by atoms with Crippen molar-refractivity contribution in [1.82, 2.24) is 10.2 Å². The van der Waals surface area contributed by atoms with E-state index in [2.05, 4.69) is 28.5 Å². The Kier molecular flexibility index (Phi) is 3.68. The van der Waals surface area contributed by atoms with Gasteiger partial charge in [0, 0.05) is 6.54 Å². The fourth-order valence-electron chi connectivity index (χ4n) is 1.42. The molecule has 5 heteroatoms. The number of hydrogen-bond donors (Lipinski definition) is 1. The Morgan fingerprint density at radius 1 is 1.35 bits per heavy atom. The van der Waals surface area contributed by atoms with Crippen LogP contribution in [0.15, 0.2) is 24.3 Å². The fourth-order valence-corrected chi connectivity index (χ4v) is 2.10. The summed E-state index contributed by atoms with van der Waals surface area (Å²) >= 11 is 1.55. The van der Waals surface area contributed by atoms with E-state index >= 15 is 0 Å². The van der Waals surface area contributed by atoms with Crippen molar-refractivity contribution < 1.29 is 0 Å². The Bertz CT molecular complexity index is 541. The van der Waals surface area contributed by atoms with Gasteiger partial charge in [0.1, 0.15) is 5.01 Å². The lowest BCUT2D eigenvalue weighted by atomic mass is 10.1. The first-order valence-electron chi connectivity index (χ1n) is 5.37. The van der Waals surface area contributed by atoms with E-state index in [4.69, 9.17) is 5.26 Å². The third kappa shape index (κ3) is 2.80. The van der Waals surface area contributed by atoms with E-state index in [1.165, 1.54) is 0 Å². The van der Waals surface area contributed by atoms with Gasteiger partial charge in [0.15, 0.2) is 0 Å². The first-order chi connectivity index (χ1) is 8.33. The maximum Gasteiger partial charge on any atom is 0.205 e. The van der Waals surface area contributed by atoms with Gasteiger partial charge in [-0.15, -0.1) is 10.2 Å². The third-order valence-electron chi connectivity index (χ3n) is 2.34. The van der Waals surface area contributed by atoms with Crippen molar-refractivity contribution >= 4 is 16.5 Å². The van der Waals surface area contributed by atoms with Crippen molar-refractivity contribution in [2.75, 3.05) is 5.32 Å². The van der Waals surface area contributed by atoms with Crippen LogP contribution >= 0.6 is 11.3 Å². The highest BCUT2D eigenvalue weighted by atomic mass is 32.1. The molecule has 0 bridgehead atoms. The SMILES string of the molecule is CCc1nnc(NCc2ccccc2C#N)s1. The van der Waals surface area contributed by atoms with Crippen LogP contribution in [0.25, 0.3) is 0 Å². The summed E-state index contributed by atoms with van der Waals surface area (Å²) in [6, 6.07) is 9.72. The van der Waals surface area contributed by atoms with E-state index in [0.717, 1.165) is 22.1 Å². The van der Waals surface area contributed by atoms with Crippen LogP contribution in [0.1, 0.15) is 23.1 Å². The third-order valence-corrected chi connectivity index (χ3v) is 3.36. The number of nitrogens with zero attached hydrogens (tertiary/aromatic N) is 3. The van der Waals surface area contributed by atoms with Gasteiger partial charge in [-0.05, 0) is 18.1 Å². The van der Waals surface area contributed by atoms with Gasteiger partial charge in [0.2, 0.25) is 5.13 Å². The predicted octanol–water partition coefficient (Wildman–Crippen LogP) is 2.58. The van der Waals surface area contributed by atoms with Crippen LogP contribution in [-0.2, 0) is 13.0 Å². The van der Waals surface area contributed by atoms with Crippen molar-refractivity contribution in [3.05, 3.63) is 40.4 Å². The maximum absolute atomic E-state index is 8.95. The summed E-state index contributed by atoms with van der Waals surface area (Å²) in [7, 11) is 0. The quantitative estimate of drug-likeness (QED) is 0.898. The Morgan fingerprint density at radius 2 is 2.18 bits per heavy atom. The van der Waals surface area contributed by atoms with E-state index < -0.39 is 0 Å². The van der Waals surface area contributed by atoms with E-state index in [0.29, 0.717) is 12.1 Å². The van der Waals surface area contributed by atoms with Gasteiger partial charge in [-0.25, -0.2) is 0 Å². The number of nitrogens with one attached hydrogen (secondary N) is 1. The molecular weight excluding hydrogens is 232 g/mol. The Morgan fingerprint density at radius 3 is 2.88 bits per heavy atom. The normalized spacial score (nSPS) is 9.88. The zero-order valence-corrected chi connectivity index (χ0v) is 10.3. The molecule has 0 unspecified atom stereocenters. The van der Waals surface area contributed by atoms with E-state index in [9.17, 15) is 0 Å². The predicted molar refractivity (Wildman–Crippen MR) is 67.8 cm³/mol. The first kappa shape index (κ1) is 11.6. The van der Waals surface area contributed by atoms with Gasteiger partial charge in [0.05, 0.1) is 11.6 Å². The zero-order valence-electron chi connectivity index (χ0n) is 9.47. The lowest BCUT2D eigenvalue weighted by molar-refractivity contribution is 0.975. The molecule has 2 rings (SSSR count). The monoisotopic (exact) mass is 244 g/mol. The molecule has 0 aliphatic heterocycles. The van der Waals surface area contributed by atoms with Gasteiger partial charge in [-0.2, -0.15) is 5.26 Å². The molecule has 1 N–H and O–H groups in total. The second-order valence-corrected chi connectivity index (χ2v) is 4.54. The largest absolute Gasteiger partial charge is 0.356 e. The molecule has 0 fully saturated rings. The van der Waals surface area contributed by atoms with Crippen molar-refractivity contribution in [2.45, 2.75) is 19.9 Å². The van der Waals surface area contributed by atoms with Crippen LogP contribution in [0.4, 0.5) is 5.13 Å². The molecule has 0 amide bonds. The molecule has 0 saturated heterocycles. The second-order valence-electron chi connectivity index (χ2n) is 3.48. The lowest BCUT2D eigenvalue weighted by Gasteiger charge is -2.03. The zero-order chi connectivity index (χ0) is 12.1. The van der Waals surface area contributed by atoms with Crippen LogP contribution in [0.5, 0.6) is 0 Å². The molecule has 0 saturated carbocycles. The Hall–Kier alpha value is -1.93. The molecule has 1 heterocycles. The molecule has 4 nitrogen and oxygen atoms in total. The van der Waals surface area contributed by atoms with E-state index in [-0.39, 0.29) is 0 Å². The van der Waals surface area contributed by atoms with Crippen molar-refractivity contribution in [3.8, 4) is 6.07 Å². The Labute approximate surface area is 104 Å². The van der Waals surface area contributed by atoms with Gasteiger partial charge in [0.25, 0.3) is 0 Å². The van der Waals surface area contributed by atoms with E-state index in [1.54, 1.807) is 11.3 Å². The molecule has 1 aromatic heterocycles. The summed E-state index contributed by atoms with van der Waals surface area (Å²) in [5, 5.41) is 22.0. The second kappa shape index (κ2) is 5.41. The number of nitriles is 1. The summed E-state index contributed by atoms with van der Waals surface area (Å²) in [5.74, 6) is 0. The van der Waals surface area contributed by atoms with Crippen molar-refractivity contribution in [3.63, 3.8) is 0 Å². The average molecular weight is 244 g/mol. The number of aryl methyl sites for hydroxylation is 1. The van der Waals surface area contributed by atoms with Crippen LogP contribution in [-0.4, -0.2) is 10.2 Å². The summed E-state index contributed by atoms with van der Waals surface area (Å²) in [6.45, 7) is 2.65. The molecule has 0 aliphatic carbocycles. The van der Waals surface area contributed by atoms with Crippen LogP contribution in [0, 0.1) is 11.3 Å². The molecular formula is C12H12N4S. The van der Waals surface area contributed by atoms with Crippen molar-refractivity contribution in [2.24, 2.45) is 0 Å². The molecule has 17 heavy (non-hydrogen) atoms. The molecule has 0 radical (unpaired) electrons. The van der Waals surface area contributed by atoms with Crippen LogP contribution in [0.3, 0.4) is 0 Å². The summed E-state index contributed by atoms with van der Waals surface area (Å²) in [5.41, 5.74) is 1.67. The van der Waals surface area contributed by atoms with Crippen LogP contribution in [0.2, 0.25) is 0 Å². The number of rotatable bonds is 4. The standard InChI is InChI=1S/C12H12N4S/c1-2-11-15-16-12(17-11)14-8-10-6-4-3-5-9(10)7-13/h3-6H,2,8H2,1H3,(H,14,16). The number of anilines is 1. The van der Waals surface area contributed by atoms with Gasteiger partial charge in [-0.3, -0.25) is 0 Å². The Balaban J connectivity index is 2.05. The topological polar surface area (TPSA) is 61.6 Å². The highest BCUT2D eigenvalue weighted by Gasteiger charge is 2.04. The minimum atomic E-state index is 0.599. The molecule has 0 aliphatic rings. The van der Waals surface area contributed by atoms with Crippen molar-refractivity contribution in [1.29, 1.82) is 5.26 Å².